The summed E-state index contributed by atoms with van der Waals surface area (Å²) in [6, 6.07) is 13.5. The van der Waals surface area contributed by atoms with Gasteiger partial charge in [0.1, 0.15) is 22.7 Å². The number of thiophene rings is 1. The number of aliphatic hydroxyl groups is 1. The lowest BCUT2D eigenvalue weighted by atomic mass is 9.85. The highest BCUT2D eigenvalue weighted by atomic mass is 32.2. The van der Waals surface area contributed by atoms with Crippen LogP contribution in [0.2, 0.25) is 0 Å². The van der Waals surface area contributed by atoms with Crippen LogP contribution >= 0.6 is 34.4 Å². The van der Waals surface area contributed by atoms with Crippen molar-refractivity contribution in [2.24, 2.45) is 0 Å². The number of rotatable bonds is 9. The summed E-state index contributed by atoms with van der Waals surface area (Å²) >= 11 is 4.45. The Hall–Kier alpha value is -2.36. The van der Waals surface area contributed by atoms with Crippen molar-refractivity contribution >= 4 is 44.7 Å². The van der Waals surface area contributed by atoms with Crippen LogP contribution in [-0.2, 0) is 6.42 Å². The van der Waals surface area contributed by atoms with E-state index in [1.54, 1.807) is 11.3 Å². The van der Waals surface area contributed by atoms with E-state index in [4.69, 9.17) is 4.98 Å². The van der Waals surface area contributed by atoms with E-state index < -0.39 is 23.3 Å². The summed E-state index contributed by atoms with van der Waals surface area (Å²) in [7, 11) is 0. The van der Waals surface area contributed by atoms with E-state index in [0.717, 1.165) is 40.6 Å². The molecule has 0 saturated heterocycles. The minimum Gasteiger partial charge on any atom is -0.384 e. The van der Waals surface area contributed by atoms with E-state index in [9.17, 15) is 13.9 Å². The second kappa shape index (κ2) is 10.7. The molecule has 35 heavy (non-hydrogen) atoms. The SMILES string of the molecule is OC(c1nc2cc(Sc3ccc(F)cc3F)ccc2s1)[C@]1(NCCCc2cccs2)C=CC=CC1. The van der Waals surface area contributed by atoms with Gasteiger partial charge in [0.15, 0.2) is 0 Å². The Kier molecular flexibility index (Phi) is 7.45. The standard InChI is InChI=1S/C27H24F2N2OS3/c28-18-8-10-23(21(29)16-18)34-20-9-11-24-22(17-20)31-26(35-24)25(32)27(12-2-1-3-13-27)30-14-4-6-19-7-5-15-33-19/h1-3,5,7-12,15-17,25,30,32H,4,6,13-14H2/t25?,27-/m0/s1. The normalized spacial score (nSPS) is 18.4. The minimum atomic E-state index is -0.812. The van der Waals surface area contributed by atoms with Crippen molar-refractivity contribution in [1.29, 1.82) is 0 Å². The second-order valence-electron chi connectivity index (χ2n) is 8.40. The second-order valence-corrected chi connectivity index (χ2v) is 11.6. The van der Waals surface area contributed by atoms with Gasteiger partial charge in [0.05, 0.1) is 15.8 Å². The number of nitrogens with zero attached hydrogens (tertiary/aromatic N) is 1. The van der Waals surface area contributed by atoms with Crippen molar-refractivity contribution in [3.8, 4) is 0 Å². The van der Waals surface area contributed by atoms with Gasteiger partial charge in [0.2, 0.25) is 0 Å². The number of hydrogen-bond acceptors (Lipinski definition) is 6. The summed E-state index contributed by atoms with van der Waals surface area (Å²) in [4.78, 5) is 7.26. The van der Waals surface area contributed by atoms with Gasteiger partial charge in [0, 0.05) is 20.7 Å². The number of aryl methyl sites for hydroxylation is 1. The highest BCUT2D eigenvalue weighted by Crippen LogP contribution is 2.38. The summed E-state index contributed by atoms with van der Waals surface area (Å²) in [5.41, 5.74) is 0.132. The van der Waals surface area contributed by atoms with Gasteiger partial charge in [-0.15, -0.1) is 22.7 Å². The first-order chi connectivity index (χ1) is 17.0. The number of fused-ring (bicyclic) bond motifs is 1. The highest BCUT2D eigenvalue weighted by Gasteiger charge is 2.37. The molecule has 180 valence electrons. The molecule has 0 spiro atoms. The van der Waals surface area contributed by atoms with E-state index in [2.05, 4.69) is 28.9 Å². The number of halogens is 2. The average molecular weight is 527 g/mol. The van der Waals surface area contributed by atoms with E-state index in [1.165, 1.54) is 40.1 Å². The Morgan fingerprint density at radius 3 is 2.83 bits per heavy atom. The van der Waals surface area contributed by atoms with Gasteiger partial charge in [-0.3, -0.25) is 0 Å². The Bertz CT molecular complexity index is 1370. The molecule has 8 heteroatoms. The summed E-state index contributed by atoms with van der Waals surface area (Å²) in [5, 5.41) is 17.8. The predicted molar refractivity (Wildman–Crippen MR) is 141 cm³/mol. The average Bonchev–Trinajstić information content (AvgIpc) is 3.53. The lowest BCUT2D eigenvalue weighted by Gasteiger charge is -2.36. The largest absolute Gasteiger partial charge is 0.384 e. The molecule has 0 saturated carbocycles. The maximum atomic E-state index is 14.1. The third-order valence-corrected chi connectivity index (χ3v) is 9.02. The molecule has 0 amide bonds. The van der Waals surface area contributed by atoms with Crippen LogP contribution in [0.5, 0.6) is 0 Å². The molecule has 5 rings (SSSR count). The molecule has 1 aliphatic rings. The molecule has 1 unspecified atom stereocenters. The number of aromatic nitrogens is 1. The number of thiazole rings is 1. The molecule has 0 aliphatic heterocycles. The maximum Gasteiger partial charge on any atom is 0.140 e. The van der Waals surface area contributed by atoms with Gasteiger partial charge in [-0.25, -0.2) is 13.8 Å². The first kappa shape index (κ1) is 24.3. The van der Waals surface area contributed by atoms with Gasteiger partial charge >= 0.3 is 0 Å². The van der Waals surface area contributed by atoms with Crippen molar-refractivity contribution in [2.75, 3.05) is 6.54 Å². The number of aliphatic hydroxyl groups excluding tert-OH is 1. The number of benzene rings is 2. The minimum absolute atomic E-state index is 0.353. The molecule has 2 N–H and O–H groups in total. The van der Waals surface area contributed by atoms with E-state index >= 15 is 0 Å². The molecule has 0 bridgehead atoms. The van der Waals surface area contributed by atoms with Crippen molar-refractivity contribution < 1.29 is 13.9 Å². The Morgan fingerprint density at radius 1 is 1.14 bits per heavy atom. The summed E-state index contributed by atoms with van der Waals surface area (Å²) in [5.74, 6) is -1.19. The molecule has 0 radical (unpaired) electrons. The summed E-state index contributed by atoms with van der Waals surface area (Å²) in [6.45, 7) is 0.780. The van der Waals surface area contributed by atoms with Crippen LogP contribution in [0.25, 0.3) is 10.2 Å². The van der Waals surface area contributed by atoms with Crippen LogP contribution in [-0.4, -0.2) is 22.2 Å². The van der Waals surface area contributed by atoms with Crippen LogP contribution < -0.4 is 5.32 Å². The third-order valence-electron chi connectivity index (χ3n) is 5.95. The zero-order chi connectivity index (χ0) is 24.3. The molecule has 0 fully saturated rings. The molecule has 2 atom stereocenters. The van der Waals surface area contributed by atoms with Crippen molar-refractivity contribution in [3.63, 3.8) is 0 Å². The Balaban J connectivity index is 1.33. The van der Waals surface area contributed by atoms with Gasteiger partial charge < -0.3 is 10.4 Å². The Morgan fingerprint density at radius 2 is 2.06 bits per heavy atom. The fourth-order valence-electron chi connectivity index (χ4n) is 4.12. The van der Waals surface area contributed by atoms with Gasteiger partial charge in [0.25, 0.3) is 0 Å². The number of hydrogen-bond donors (Lipinski definition) is 2. The van der Waals surface area contributed by atoms with Crippen LogP contribution in [0.4, 0.5) is 8.78 Å². The van der Waals surface area contributed by atoms with Gasteiger partial charge in [-0.05, 0) is 67.6 Å². The monoisotopic (exact) mass is 526 g/mol. The lowest BCUT2D eigenvalue weighted by Crippen LogP contribution is -2.49. The fraction of sp³-hybridized carbons (Fsp3) is 0.222. The summed E-state index contributed by atoms with van der Waals surface area (Å²) in [6.07, 6.45) is 9.91. The van der Waals surface area contributed by atoms with Gasteiger partial charge in [-0.1, -0.05) is 42.1 Å². The Labute approximate surface area is 215 Å². The predicted octanol–water partition coefficient (Wildman–Crippen LogP) is 7.30. The lowest BCUT2D eigenvalue weighted by molar-refractivity contribution is 0.0872. The molecular formula is C27H24F2N2OS3. The van der Waals surface area contributed by atoms with Crippen molar-refractivity contribution in [2.45, 2.75) is 40.7 Å². The molecular weight excluding hydrogens is 503 g/mol. The topological polar surface area (TPSA) is 45.2 Å². The van der Waals surface area contributed by atoms with Crippen molar-refractivity contribution in [3.05, 3.63) is 99.7 Å². The van der Waals surface area contributed by atoms with Gasteiger partial charge in [-0.2, -0.15) is 0 Å². The first-order valence-electron chi connectivity index (χ1n) is 11.4. The van der Waals surface area contributed by atoms with E-state index in [0.29, 0.717) is 16.3 Å². The zero-order valence-electron chi connectivity index (χ0n) is 18.8. The van der Waals surface area contributed by atoms with Crippen LogP contribution in [0.3, 0.4) is 0 Å². The summed E-state index contributed by atoms with van der Waals surface area (Å²) < 4.78 is 28.3. The molecule has 4 aromatic rings. The number of nitrogens with one attached hydrogen (secondary N) is 1. The van der Waals surface area contributed by atoms with Crippen LogP contribution in [0, 0.1) is 11.6 Å². The third kappa shape index (κ3) is 5.57. The zero-order valence-corrected chi connectivity index (χ0v) is 21.2. The van der Waals surface area contributed by atoms with Crippen LogP contribution in [0.1, 0.15) is 28.8 Å². The maximum absolute atomic E-state index is 14.1. The number of allylic oxidation sites excluding steroid dienone is 2. The smallest absolute Gasteiger partial charge is 0.140 e. The molecule has 2 aromatic carbocycles. The molecule has 2 aromatic heterocycles. The quantitative estimate of drug-likeness (QED) is 0.225. The first-order valence-corrected chi connectivity index (χ1v) is 13.9. The fourth-order valence-corrected chi connectivity index (χ4v) is 6.76. The van der Waals surface area contributed by atoms with E-state index in [1.807, 2.05) is 36.4 Å². The molecule has 1 aliphatic carbocycles. The van der Waals surface area contributed by atoms with E-state index in [-0.39, 0.29) is 0 Å². The molecule has 3 nitrogen and oxygen atoms in total. The van der Waals surface area contributed by atoms with Crippen LogP contribution in [0.15, 0.2) is 88.0 Å². The highest BCUT2D eigenvalue weighted by molar-refractivity contribution is 7.99. The molecule has 2 heterocycles. The van der Waals surface area contributed by atoms with Crippen molar-refractivity contribution in [1.82, 2.24) is 10.3 Å².